The number of carbonyl (C=O) groups is 1. The third-order valence-corrected chi connectivity index (χ3v) is 4.97. The first kappa shape index (κ1) is 19.4. The number of nitrogens with one attached hydrogen (secondary N) is 2. The van der Waals surface area contributed by atoms with Crippen LogP contribution in [-0.4, -0.2) is 28.0 Å². The Morgan fingerprint density at radius 1 is 1.13 bits per heavy atom. The summed E-state index contributed by atoms with van der Waals surface area (Å²) in [5, 5.41) is 3.99. The normalized spacial score (nSPS) is 10.8. The Hall–Kier alpha value is -3.87. The summed E-state index contributed by atoms with van der Waals surface area (Å²) < 4.78 is 5.26. The van der Waals surface area contributed by atoms with Gasteiger partial charge >= 0.3 is 0 Å². The maximum Gasteiger partial charge on any atom is 0.220 e. The van der Waals surface area contributed by atoms with Crippen LogP contribution in [0, 0.1) is 0 Å². The van der Waals surface area contributed by atoms with E-state index in [4.69, 9.17) is 10.5 Å². The average Bonchev–Trinajstić information content (AvgIpc) is 3.15. The van der Waals surface area contributed by atoms with Gasteiger partial charge in [0.1, 0.15) is 17.4 Å². The lowest BCUT2D eigenvalue weighted by atomic mass is 10.0. The Kier molecular flexibility index (Phi) is 5.61. The smallest absolute Gasteiger partial charge is 0.220 e. The number of aromatic amines is 1. The molecule has 0 saturated heterocycles. The molecule has 4 N–H and O–H groups in total. The Balaban J connectivity index is 1.51. The van der Waals surface area contributed by atoms with Gasteiger partial charge in [0.05, 0.1) is 13.7 Å². The fraction of sp³-hybridized carbons (Fsp3) is 0.174. The van der Waals surface area contributed by atoms with E-state index in [1.54, 1.807) is 19.4 Å². The molecule has 0 bridgehead atoms. The van der Waals surface area contributed by atoms with E-state index in [-0.39, 0.29) is 12.5 Å². The lowest BCUT2D eigenvalue weighted by Crippen LogP contribution is -2.24. The van der Waals surface area contributed by atoms with Crippen molar-refractivity contribution in [3.8, 4) is 17.0 Å². The van der Waals surface area contributed by atoms with Gasteiger partial charge in [-0.05, 0) is 53.9 Å². The van der Waals surface area contributed by atoms with E-state index in [0.717, 1.165) is 33.5 Å². The summed E-state index contributed by atoms with van der Waals surface area (Å²) in [6.07, 6.45) is 2.54. The van der Waals surface area contributed by atoms with Gasteiger partial charge in [-0.3, -0.25) is 4.79 Å². The quantitative estimate of drug-likeness (QED) is 0.440. The summed E-state index contributed by atoms with van der Waals surface area (Å²) in [5.74, 6) is 1.62. The Morgan fingerprint density at radius 3 is 2.70 bits per heavy atom. The van der Waals surface area contributed by atoms with Crippen molar-refractivity contribution < 1.29 is 9.53 Å². The molecule has 7 heteroatoms. The molecule has 0 atom stereocenters. The molecule has 152 valence electrons. The second-order valence-corrected chi connectivity index (χ2v) is 6.93. The highest BCUT2D eigenvalue weighted by molar-refractivity contribution is 5.91. The third-order valence-electron chi connectivity index (χ3n) is 4.97. The number of H-pyrrole nitrogens is 1. The first-order valence-corrected chi connectivity index (χ1v) is 9.72. The molecule has 0 spiro atoms. The van der Waals surface area contributed by atoms with E-state index in [1.807, 2.05) is 42.5 Å². The number of fused-ring (bicyclic) bond motifs is 1. The summed E-state index contributed by atoms with van der Waals surface area (Å²) in [6.45, 7) is 0.253. The van der Waals surface area contributed by atoms with Gasteiger partial charge in [-0.15, -0.1) is 0 Å². The van der Waals surface area contributed by atoms with Crippen LogP contribution in [0.25, 0.3) is 22.2 Å². The number of hydrogen-bond donors (Lipinski definition) is 3. The number of rotatable bonds is 7. The average molecular weight is 401 g/mol. The first-order valence-electron chi connectivity index (χ1n) is 9.72. The summed E-state index contributed by atoms with van der Waals surface area (Å²) in [5.41, 5.74) is 9.89. The number of ether oxygens (including phenoxy) is 1. The summed E-state index contributed by atoms with van der Waals surface area (Å²) in [7, 11) is 1.65. The predicted molar refractivity (Wildman–Crippen MR) is 117 cm³/mol. The molecule has 1 amide bonds. The molecule has 2 heterocycles. The zero-order valence-electron chi connectivity index (χ0n) is 16.7. The minimum absolute atomic E-state index is 0.0630. The number of aryl methyl sites for hydroxylation is 1. The zero-order chi connectivity index (χ0) is 20.9. The topological polar surface area (TPSA) is 106 Å². The van der Waals surface area contributed by atoms with Gasteiger partial charge in [0.2, 0.25) is 5.91 Å². The summed E-state index contributed by atoms with van der Waals surface area (Å²) in [4.78, 5) is 24.1. The Labute approximate surface area is 174 Å². The Bertz CT molecular complexity index is 1170. The van der Waals surface area contributed by atoms with E-state index >= 15 is 0 Å². The molecule has 0 aliphatic heterocycles. The number of nitrogens with two attached hydrogens (primary N) is 1. The SMILES string of the molecule is COc1ccc(-c2[nH]c3ccccc3c2CCC(=O)NCc2nccc(N)n2)cc1. The van der Waals surface area contributed by atoms with Crippen molar-refractivity contribution in [1.82, 2.24) is 20.3 Å². The van der Waals surface area contributed by atoms with Crippen LogP contribution < -0.4 is 15.8 Å². The molecule has 0 radical (unpaired) electrons. The highest BCUT2D eigenvalue weighted by atomic mass is 16.5. The molecule has 7 nitrogen and oxygen atoms in total. The summed E-state index contributed by atoms with van der Waals surface area (Å²) in [6, 6.07) is 17.6. The number of nitrogen functional groups attached to an aromatic ring is 1. The second kappa shape index (κ2) is 8.65. The van der Waals surface area contributed by atoms with Gasteiger partial charge in [-0.25, -0.2) is 9.97 Å². The Morgan fingerprint density at radius 2 is 1.93 bits per heavy atom. The molecular weight excluding hydrogens is 378 g/mol. The standard InChI is InChI=1S/C23H23N5O2/c1-30-16-8-6-15(7-9-16)23-18(17-4-2-3-5-19(17)27-23)10-11-22(29)26-14-21-25-13-12-20(24)28-21/h2-9,12-13,27H,10-11,14H2,1H3,(H,26,29)(H2,24,25,28). The van der Waals surface area contributed by atoms with E-state index < -0.39 is 0 Å². The van der Waals surface area contributed by atoms with Crippen LogP contribution in [0.15, 0.2) is 60.8 Å². The maximum atomic E-state index is 12.4. The van der Waals surface area contributed by atoms with Crippen LogP contribution in [0.1, 0.15) is 17.8 Å². The molecule has 2 aromatic heterocycles. The van der Waals surface area contributed by atoms with Crippen molar-refractivity contribution in [2.75, 3.05) is 12.8 Å². The van der Waals surface area contributed by atoms with Crippen molar-refractivity contribution in [3.63, 3.8) is 0 Å². The number of nitrogens with zero attached hydrogens (tertiary/aromatic N) is 2. The van der Waals surface area contributed by atoms with Crippen molar-refractivity contribution in [1.29, 1.82) is 0 Å². The molecule has 0 unspecified atom stereocenters. The number of benzene rings is 2. The van der Waals surface area contributed by atoms with E-state index in [2.05, 4.69) is 26.3 Å². The zero-order valence-corrected chi connectivity index (χ0v) is 16.7. The number of aromatic nitrogens is 3. The van der Waals surface area contributed by atoms with Gasteiger partial charge in [-0.1, -0.05) is 18.2 Å². The minimum Gasteiger partial charge on any atom is -0.497 e. The van der Waals surface area contributed by atoms with Crippen LogP contribution >= 0.6 is 0 Å². The fourth-order valence-corrected chi connectivity index (χ4v) is 3.47. The lowest BCUT2D eigenvalue weighted by molar-refractivity contribution is -0.121. The van der Waals surface area contributed by atoms with Crippen LogP contribution in [0.2, 0.25) is 0 Å². The lowest BCUT2D eigenvalue weighted by Gasteiger charge is -2.08. The van der Waals surface area contributed by atoms with E-state index in [9.17, 15) is 4.79 Å². The third kappa shape index (κ3) is 4.25. The van der Waals surface area contributed by atoms with Crippen molar-refractivity contribution in [2.24, 2.45) is 0 Å². The molecule has 0 fully saturated rings. The van der Waals surface area contributed by atoms with Crippen molar-refractivity contribution >= 4 is 22.6 Å². The number of methoxy groups -OCH3 is 1. The minimum atomic E-state index is -0.0630. The number of amides is 1. The number of para-hydroxylation sites is 1. The number of anilines is 1. The molecule has 0 aliphatic carbocycles. The van der Waals surface area contributed by atoms with Crippen LogP contribution in [0.5, 0.6) is 5.75 Å². The summed E-state index contributed by atoms with van der Waals surface area (Å²) >= 11 is 0. The molecule has 4 rings (SSSR count). The highest BCUT2D eigenvalue weighted by Gasteiger charge is 2.15. The van der Waals surface area contributed by atoms with Gasteiger partial charge in [0.15, 0.2) is 0 Å². The van der Waals surface area contributed by atoms with Gasteiger partial charge < -0.3 is 20.8 Å². The van der Waals surface area contributed by atoms with Gasteiger partial charge in [-0.2, -0.15) is 0 Å². The van der Waals surface area contributed by atoms with Crippen LogP contribution in [0.3, 0.4) is 0 Å². The first-order chi connectivity index (χ1) is 14.6. The predicted octanol–water partition coefficient (Wildman–Crippen LogP) is 3.46. The molecule has 2 aromatic carbocycles. The second-order valence-electron chi connectivity index (χ2n) is 6.93. The fourth-order valence-electron chi connectivity index (χ4n) is 3.47. The molecule has 0 saturated carbocycles. The molecular formula is C23H23N5O2. The van der Waals surface area contributed by atoms with Crippen molar-refractivity contribution in [3.05, 3.63) is 72.2 Å². The largest absolute Gasteiger partial charge is 0.497 e. The maximum absolute atomic E-state index is 12.4. The molecule has 30 heavy (non-hydrogen) atoms. The van der Waals surface area contributed by atoms with Crippen LogP contribution in [0.4, 0.5) is 5.82 Å². The molecule has 0 aliphatic rings. The molecule has 4 aromatic rings. The van der Waals surface area contributed by atoms with E-state index in [1.165, 1.54) is 0 Å². The number of hydrogen-bond acceptors (Lipinski definition) is 5. The monoisotopic (exact) mass is 401 g/mol. The van der Waals surface area contributed by atoms with Crippen molar-refractivity contribution in [2.45, 2.75) is 19.4 Å². The van der Waals surface area contributed by atoms with Crippen LogP contribution in [-0.2, 0) is 17.8 Å². The highest BCUT2D eigenvalue weighted by Crippen LogP contribution is 2.32. The van der Waals surface area contributed by atoms with Gasteiger partial charge in [0.25, 0.3) is 0 Å². The van der Waals surface area contributed by atoms with Gasteiger partial charge in [0, 0.05) is 29.2 Å². The van der Waals surface area contributed by atoms with E-state index in [0.29, 0.717) is 24.5 Å². The number of carbonyl (C=O) groups excluding carboxylic acids is 1.